The molecule has 2 aromatic carbocycles. The molecule has 4 aliphatic rings. The molecular formula is C41H51NO11. The number of hydrogen-bond acceptors (Lipinski definition) is 11. The fraction of sp³-hybridized carbons (Fsp3) is 0.561. The summed E-state index contributed by atoms with van der Waals surface area (Å²) < 4.78 is 24.0. The van der Waals surface area contributed by atoms with E-state index < -0.39 is 94.1 Å². The van der Waals surface area contributed by atoms with Crippen LogP contribution >= 0.6 is 0 Å². The summed E-state index contributed by atoms with van der Waals surface area (Å²) in [7, 11) is 1.31. The maximum atomic E-state index is 14.8. The third-order valence-corrected chi connectivity index (χ3v) is 13.0. The van der Waals surface area contributed by atoms with Gasteiger partial charge in [-0.15, -0.1) is 0 Å². The monoisotopic (exact) mass is 733 g/mol. The Labute approximate surface area is 309 Å². The van der Waals surface area contributed by atoms with E-state index in [9.17, 15) is 34.5 Å². The van der Waals surface area contributed by atoms with E-state index in [1.54, 1.807) is 88.4 Å². The molecule has 0 radical (unpaired) electrons. The number of benzene rings is 2. The van der Waals surface area contributed by atoms with Gasteiger partial charge in [0.25, 0.3) is 0 Å². The van der Waals surface area contributed by atoms with E-state index in [1.807, 2.05) is 6.92 Å². The number of ether oxygens (including phenoxy) is 4. The van der Waals surface area contributed by atoms with Gasteiger partial charge in [-0.25, -0.2) is 9.59 Å². The SMILES string of the molecule is CO[C@@H](C(=O)O[C@H]1C[C@@]2(O)[C@@H](OC(=O)c3ccccc3)CC3C(C)(C(=O)[C@H](O)C(=C1C)C2(C)C)[C@@H](O)CC1OC[C@]13C)[C@@H](NC(C)=O)c1ccccc1. The molecule has 0 aromatic heterocycles. The Balaban J connectivity index is 1.48. The molecule has 3 aliphatic carbocycles. The van der Waals surface area contributed by atoms with Crippen LogP contribution in [0.4, 0.5) is 0 Å². The summed E-state index contributed by atoms with van der Waals surface area (Å²) in [5, 5.41) is 39.9. The second-order valence-electron chi connectivity index (χ2n) is 16.2. The van der Waals surface area contributed by atoms with Crippen molar-refractivity contribution in [3.63, 3.8) is 0 Å². The molecular weight excluding hydrogens is 682 g/mol. The van der Waals surface area contributed by atoms with Crippen molar-refractivity contribution in [1.29, 1.82) is 0 Å². The summed E-state index contributed by atoms with van der Waals surface area (Å²) in [6.45, 7) is 10.2. The van der Waals surface area contributed by atoms with E-state index in [0.29, 0.717) is 11.1 Å². The van der Waals surface area contributed by atoms with Crippen LogP contribution in [0.15, 0.2) is 71.8 Å². The fourth-order valence-corrected chi connectivity index (χ4v) is 9.69. The van der Waals surface area contributed by atoms with Crippen LogP contribution in [0.1, 0.15) is 82.8 Å². The first-order valence-electron chi connectivity index (χ1n) is 18.2. The van der Waals surface area contributed by atoms with Crippen molar-refractivity contribution < 1.29 is 53.4 Å². The summed E-state index contributed by atoms with van der Waals surface area (Å²) in [5.74, 6) is -3.33. The van der Waals surface area contributed by atoms with Crippen LogP contribution < -0.4 is 5.32 Å². The van der Waals surface area contributed by atoms with Crippen LogP contribution in [0.25, 0.3) is 0 Å². The summed E-state index contributed by atoms with van der Waals surface area (Å²) in [5.41, 5.74) is -4.37. The number of carbonyl (C=O) groups is 4. The molecule has 3 unspecified atom stereocenters. The molecule has 12 nitrogen and oxygen atoms in total. The van der Waals surface area contributed by atoms with Crippen LogP contribution in [0.3, 0.4) is 0 Å². The highest BCUT2D eigenvalue weighted by atomic mass is 16.6. The van der Waals surface area contributed by atoms with Crippen LogP contribution in [0, 0.1) is 22.2 Å². The highest BCUT2D eigenvalue weighted by Crippen LogP contribution is 2.63. The number of esters is 2. The lowest BCUT2D eigenvalue weighted by molar-refractivity contribution is -0.280. The number of amides is 1. The van der Waals surface area contributed by atoms with Crippen LogP contribution in [0.5, 0.6) is 0 Å². The molecule has 1 saturated heterocycles. The highest BCUT2D eigenvalue weighted by molar-refractivity contribution is 5.93. The molecule has 1 heterocycles. The summed E-state index contributed by atoms with van der Waals surface area (Å²) >= 11 is 0. The zero-order chi connectivity index (χ0) is 38.7. The largest absolute Gasteiger partial charge is 0.456 e. The number of carbonyl (C=O) groups excluding carboxylic acids is 4. The number of ketones is 1. The van der Waals surface area contributed by atoms with Gasteiger partial charge in [0, 0.05) is 37.7 Å². The number of nitrogens with one attached hydrogen (secondary N) is 1. The Hall–Kier alpha value is -3.94. The number of Topliss-reactive ketones (excluding diaryl/α,β-unsaturated/α-hetero) is 1. The quantitative estimate of drug-likeness (QED) is 0.230. The number of aliphatic hydroxyl groups excluding tert-OH is 2. The van der Waals surface area contributed by atoms with E-state index in [1.165, 1.54) is 14.0 Å². The fourth-order valence-electron chi connectivity index (χ4n) is 9.69. The van der Waals surface area contributed by atoms with Gasteiger partial charge < -0.3 is 39.6 Å². The Bertz CT molecular complexity index is 1780. The average molecular weight is 734 g/mol. The maximum absolute atomic E-state index is 14.8. The summed E-state index contributed by atoms with van der Waals surface area (Å²) in [6.07, 6.45) is -7.47. The lowest BCUT2D eigenvalue weighted by Gasteiger charge is -2.62. The van der Waals surface area contributed by atoms with Gasteiger partial charge in [0.15, 0.2) is 11.9 Å². The molecule has 2 bridgehead atoms. The third-order valence-electron chi connectivity index (χ3n) is 13.0. The molecule has 4 N–H and O–H groups in total. The highest BCUT2D eigenvalue weighted by Gasteiger charge is 2.70. The zero-order valence-electron chi connectivity index (χ0n) is 31.3. The van der Waals surface area contributed by atoms with Crippen molar-refractivity contribution in [2.45, 2.75) is 109 Å². The van der Waals surface area contributed by atoms with Crippen molar-refractivity contribution >= 4 is 23.6 Å². The number of fused-ring (bicyclic) bond motifs is 5. The van der Waals surface area contributed by atoms with Gasteiger partial charge in [-0.3, -0.25) is 9.59 Å². The molecule has 12 heteroatoms. The Morgan fingerprint density at radius 2 is 1.57 bits per heavy atom. The van der Waals surface area contributed by atoms with Crippen LogP contribution in [-0.4, -0.2) is 94.9 Å². The third kappa shape index (κ3) is 6.22. The van der Waals surface area contributed by atoms with Gasteiger partial charge in [0.2, 0.25) is 5.91 Å². The summed E-state index contributed by atoms with van der Waals surface area (Å²) in [6, 6.07) is 16.2. The minimum Gasteiger partial charge on any atom is -0.456 e. The Morgan fingerprint density at radius 3 is 2.13 bits per heavy atom. The standard InChI is InChI=1S/C41H51NO11/c1-22-26(52-37(48)34(50-7)32(42-23(2)43)24-14-10-8-11-15-24)20-41(49)30(53-36(47)25-16-12-9-13-17-25)18-27-39(5)21-51-29(39)19-28(44)40(27,6)35(46)33(45)31(22)38(41,3)4/h8-17,26-30,32-34,44-45,49H,18-21H2,1-7H3,(H,42,43)/t26-,27?,28-,29?,30-,32-,33+,34+,39-,40?,41+/m0/s1. The first-order chi connectivity index (χ1) is 24.9. The molecule has 1 aliphatic heterocycles. The predicted octanol–water partition coefficient (Wildman–Crippen LogP) is 3.62. The first kappa shape index (κ1) is 38.8. The number of rotatable bonds is 8. The minimum absolute atomic E-state index is 0.0623. The van der Waals surface area contributed by atoms with E-state index in [0.717, 1.165) is 0 Å². The van der Waals surface area contributed by atoms with Gasteiger partial charge >= 0.3 is 11.9 Å². The van der Waals surface area contributed by atoms with E-state index in [-0.39, 0.29) is 37.0 Å². The molecule has 2 saturated carbocycles. The molecule has 3 fully saturated rings. The molecule has 0 spiro atoms. The number of hydrogen-bond donors (Lipinski definition) is 4. The van der Waals surface area contributed by atoms with Gasteiger partial charge in [-0.1, -0.05) is 69.3 Å². The number of aliphatic hydroxyl groups is 3. The normalized spacial score (nSPS) is 35.8. The first-order valence-corrected chi connectivity index (χ1v) is 18.2. The van der Waals surface area contributed by atoms with Gasteiger partial charge in [0.1, 0.15) is 23.9 Å². The second kappa shape index (κ2) is 14.0. The topological polar surface area (TPSA) is 178 Å². The number of methoxy groups -OCH3 is 1. The van der Waals surface area contributed by atoms with Crippen molar-refractivity contribution in [3.8, 4) is 0 Å². The van der Waals surface area contributed by atoms with E-state index in [4.69, 9.17) is 18.9 Å². The van der Waals surface area contributed by atoms with Gasteiger partial charge in [0.05, 0.1) is 35.8 Å². The van der Waals surface area contributed by atoms with Crippen molar-refractivity contribution in [3.05, 3.63) is 82.9 Å². The molecule has 53 heavy (non-hydrogen) atoms. The maximum Gasteiger partial charge on any atom is 0.338 e. The van der Waals surface area contributed by atoms with Crippen LogP contribution in [0.2, 0.25) is 0 Å². The predicted molar refractivity (Wildman–Crippen MR) is 191 cm³/mol. The minimum atomic E-state index is -2.03. The van der Waals surface area contributed by atoms with Crippen molar-refractivity contribution in [1.82, 2.24) is 5.32 Å². The van der Waals surface area contributed by atoms with Gasteiger partial charge in [-0.05, 0) is 55.0 Å². The van der Waals surface area contributed by atoms with Crippen molar-refractivity contribution in [2.75, 3.05) is 13.7 Å². The second-order valence-corrected chi connectivity index (χ2v) is 16.2. The van der Waals surface area contributed by atoms with Crippen molar-refractivity contribution in [2.24, 2.45) is 22.2 Å². The molecule has 286 valence electrons. The molecule has 6 rings (SSSR count). The lowest BCUT2D eigenvalue weighted by Crippen LogP contribution is -2.69. The van der Waals surface area contributed by atoms with Gasteiger partial charge in [-0.2, -0.15) is 0 Å². The molecule has 1 amide bonds. The van der Waals surface area contributed by atoms with Crippen LogP contribution in [-0.2, 0) is 33.3 Å². The zero-order valence-corrected chi connectivity index (χ0v) is 31.3. The lowest BCUT2D eigenvalue weighted by atomic mass is 9.48. The Kier molecular flexibility index (Phi) is 10.3. The Morgan fingerprint density at radius 1 is 0.943 bits per heavy atom. The average Bonchev–Trinajstić information content (AvgIpc) is 3.13. The smallest absolute Gasteiger partial charge is 0.338 e. The van der Waals surface area contributed by atoms with E-state index in [2.05, 4.69) is 5.32 Å². The molecule has 2 aromatic rings. The van der Waals surface area contributed by atoms with E-state index >= 15 is 0 Å². The molecule has 11 atom stereocenters. The summed E-state index contributed by atoms with van der Waals surface area (Å²) in [4.78, 5) is 55.1.